The van der Waals surface area contributed by atoms with Crippen molar-refractivity contribution in [2.45, 2.75) is 31.2 Å². The van der Waals surface area contributed by atoms with Crippen molar-refractivity contribution in [3.8, 4) is 0 Å². The van der Waals surface area contributed by atoms with E-state index < -0.39 is 0 Å². The molecule has 0 radical (unpaired) electrons. The predicted octanol–water partition coefficient (Wildman–Crippen LogP) is 3.01. The molecule has 1 aromatic rings. The molecule has 1 saturated heterocycles. The summed E-state index contributed by atoms with van der Waals surface area (Å²) in [5.74, 6) is 0. The molecule has 1 aliphatic carbocycles. The van der Waals surface area contributed by atoms with E-state index in [0.29, 0.717) is 0 Å². The van der Waals surface area contributed by atoms with E-state index in [-0.39, 0.29) is 5.54 Å². The van der Waals surface area contributed by atoms with E-state index in [1.807, 2.05) is 6.07 Å². The number of halogens is 1. The molecule has 0 bridgehead atoms. The molecule has 3 heteroatoms. The molecule has 1 heterocycles. The summed E-state index contributed by atoms with van der Waals surface area (Å²) in [5, 5.41) is 4.32. The highest BCUT2D eigenvalue weighted by atomic mass is 35.5. The molecule has 0 aromatic heterocycles. The van der Waals surface area contributed by atoms with E-state index in [9.17, 15) is 0 Å². The molecule has 1 N–H and O–H groups in total. The van der Waals surface area contributed by atoms with Crippen molar-refractivity contribution >= 4 is 11.6 Å². The van der Waals surface area contributed by atoms with Gasteiger partial charge in [-0.05, 0) is 30.5 Å². The predicted molar refractivity (Wildman–Crippen MR) is 76.0 cm³/mol. The highest BCUT2D eigenvalue weighted by Crippen LogP contribution is 2.44. The SMILES string of the molecule is Clc1cccc(C2(N3CCNCC3)CCCC2)c1. The van der Waals surface area contributed by atoms with Crippen LogP contribution in [0.15, 0.2) is 24.3 Å². The number of piperazine rings is 1. The lowest BCUT2D eigenvalue weighted by Crippen LogP contribution is -2.53. The Morgan fingerprint density at radius 3 is 2.50 bits per heavy atom. The van der Waals surface area contributed by atoms with Crippen LogP contribution in [0.25, 0.3) is 0 Å². The first-order chi connectivity index (χ1) is 8.81. The maximum atomic E-state index is 6.19. The molecule has 1 saturated carbocycles. The third kappa shape index (κ3) is 2.18. The van der Waals surface area contributed by atoms with Gasteiger partial charge in [-0.25, -0.2) is 0 Å². The summed E-state index contributed by atoms with van der Waals surface area (Å²) in [6.07, 6.45) is 5.26. The molecule has 0 spiro atoms. The van der Waals surface area contributed by atoms with Crippen LogP contribution >= 0.6 is 11.6 Å². The monoisotopic (exact) mass is 264 g/mol. The standard InChI is InChI=1S/C15H21ClN2/c16-14-5-3-4-13(12-14)15(6-1-2-7-15)18-10-8-17-9-11-18/h3-5,12,17H,1-2,6-11H2. The summed E-state index contributed by atoms with van der Waals surface area (Å²) < 4.78 is 0. The maximum Gasteiger partial charge on any atom is 0.0462 e. The van der Waals surface area contributed by atoms with Crippen molar-refractivity contribution in [1.29, 1.82) is 0 Å². The van der Waals surface area contributed by atoms with Crippen molar-refractivity contribution in [3.05, 3.63) is 34.9 Å². The van der Waals surface area contributed by atoms with Gasteiger partial charge >= 0.3 is 0 Å². The molecule has 18 heavy (non-hydrogen) atoms. The van der Waals surface area contributed by atoms with Crippen LogP contribution in [0.2, 0.25) is 5.02 Å². The molecular formula is C15H21ClN2. The zero-order chi connectivity index (χ0) is 12.4. The molecule has 0 atom stereocenters. The smallest absolute Gasteiger partial charge is 0.0462 e. The van der Waals surface area contributed by atoms with Crippen LogP contribution in [0.3, 0.4) is 0 Å². The van der Waals surface area contributed by atoms with Crippen molar-refractivity contribution in [1.82, 2.24) is 10.2 Å². The van der Waals surface area contributed by atoms with Crippen LogP contribution in [0.4, 0.5) is 0 Å². The Balaban J connectivity index is 1.95. The van der Waals surface area contributed by atoms with Gasteiger partial charge in [0.1, 0.15) is 0 Å². The fourth-order valence-electron chi connectivity index (χ4n) is 3.62. The largest absolute Gasteiger partial charge is 0.314 e. The molecule has 2 nitrogen and oxygen atoms in total. The second-order valence-electron chi connectivity index (χ2n) is 5.49. The Bertz CT molecular complexity index is 407. The minimum atomic E-state index is 0.257. The van der Waals surface area contributed by atoms with E-state index in [1.165, 1.54) is 31.2 Å². The lowest BCUT2D eigenvalue weighted by molar-refractivity contribution is 0.0757. The summed E-state index contributed by atoms with van der Waals surface area (Å²) in [5.41, 5.74) is 1.68. The number of benzene rings is 1. The first kappa shape index (κ1) is 12.5. The molecule has 2 aliphatic rings. The van der Waals surface area contributed by atoms with E-state index in [1.54, 1.807) is 0 Å². The van der Waals surface area contributed by atoms with Crippen molar-refractivity contribution in [2.75, 3.05) is 26.2 Å². The van der Waals surface area contributed by atoms with Crippen molar-refractivity contribution < 1.29 is 0 Å². The van der Waals surface area contributed by atoms with Gasteiger partial charge < -0.3 is 5.32 Å². The van der Waals surface area contributed by atoms with Crippen molar-refractivity contribution in [3.63, 3.8) is 0 Å². The highest BCUT2D eigenvalue weighted by molar-refractivity contribution is 6.30. The second-order valence-corrected chi connectivity index (χ2v) is 5.92. The molecule has 3 rings (SSSR count). The molecule has 0 unspecified atom stereocenters. The third-order valence-electron chi connectivity index (χ3n) is 4.52. The summed E-state index contributed by atoms with van der Waals surface area (Å²) in [6.45, 7) is 4.55. The van der Waals surface area contributed by atoms with E-state index in [0.717, 1.165) is 31.2 Å². The molecule has 1 aromatic carbocycles. The Kier molecular flexibility index (Phi) is 3.60. The zero-order valence-corrected chi connectivity index (χ0v) is 11.5. The average Bonchev–Trinajstić information content (AvgIpc) is 2.90. The first-order valence-corrected chi connectivity index (χ1v) is 7.41. The van der Waals surface area contributed by atoms with Crippen LogP contribution in [-0.2, 0) is 5.54 Å². The second kappa shape index (κ2) is 5.20. The average molecular weight is 265 g/mol. The van der Waals surface area contributed by atoms with Gasteiger partial charge in [0.15, 0.2) is 0 Å². The molecule has 0 amide bonds. The van der Waals surface area contributed by atoms with E-state index in [4.69, 9.17) is 11.6 Å². The minimum Gasteiger partial charge on any atom is -0.314 e. The number of hydrogen-bond acceptors (Lipinski definition) is 2. The number of nitrogens with one attached hydrogen (secondary N) is 1. The molecular weight excluding hydrogens is 244 g/mol. The van der Waals surface area contributed by atoms with E-state index >= 15 is 0 Å². The minimum absolute atomic E-state index is 0.257. The topological polar surface area (TPSA) is 15.3 Å². The Morgan fingerprint density at radius 2 is 1.83 bits per heavy atom. The molecule has 2 fully saturated rings. The number of rotatable bonds is 2. The molecule has 1 aliphatic heterocycles. The van der Waals surface area contributed by atoms with Crippen LogP contribution in [-0.4, -0.2) is 31.1 Å². The third-order valence-corrected chi connectivity index (χ3v) is 4.75. The van der Waals surface area contributed by atoms with Crippen LogP contribution in [0.1, 0.15) is 31.2 Å². The lowest BCUT2D eigenvalue weighted by atomic mass is 9.85. The fraction of sp³-hybridized carbons (Fsp3) is 0.600. The first-order valence-electron chi connectivity index (χ1n) is 7.03. The lowest BCUT2D eigenvalue weighted by Gasteiger charge is -2.44. The summed E-state index contributed by atoms with van der Waals surface area (Å²) in [7, 11) is 0. The van der Waals surface area contributed by atoms with Gasteiger partial charge in [0.05, 0.1) is 0 Å². The van der Waals surface area contributed by atoms with Gasteiger partial charge in [0.2, 0.25) is 0 Å². The number of hydrogen-bond donors (Lipinski definition) is 1. The summed E-state index contributed by atoms with van der Waals surface area (Å²) >= 11 is 6.19. The van der Waals surface area contributed by atoms with Gasteiger partial charge in [-0.1, -0.05) is 36.6 Å². The Morgan fingerprint density at radius 1 is 1.11 bits per heavy atom. The van der Waals surface area contributed by atoms with Gasteiger partial charge in [-0.3, -0.25) is 4.90 Å². The Hall–Kier alpha value is -0.570. The van der Waals surface area contributed by atoms with Gasteiger partial charge in [0, 0.05) is 36.7 Å². The summed E-state index contributed by atoms with van der Waals surface area (Å²) in [4.78, 5) is 2.68. The Labute approximate surface area is 114 Å². The van der Waals surface area contributed by atoms with Crippen LogP contribution in [0, 0.1) is 0 Å². The van der Waals surface area contributed by atoms with Gasteiger partial charge in [-0.15, -0.1) is 0 Å². The fourth-order valence-corrected chi connectivity index (χ4v) is 3.81. The quantitative estimate of drug-likeness (QED) is 0.883. The molecule has 98 valence electrons. The van der Waals surface area contributed by atoms with Gasteiger partial charge in [0.25, 0.3) is 0 Å². The van der Waals surface area contributed by atoms with Crippen LogP contribution in [0.5, 0.6) is 0 Å². The van der Waals surface area contributed by atoms with Crippen molar-refractivity contribution in [2.24, 2.45) is 0 Å². The number of nitrogens with zero attached hydrogens (tertiary/aromatic N) is 1. The maximum absolute atomic E-state index is 6.19. The van der Waals surface area contributed by atoms with E-state index in [2.05, 4.69) is 28.4 Å². The van der Waals surface area contributed by atoms with Crippen LogP contribution < -0.4 is 5.32 Å². The zero-order valence-electron chi connectivity index (χ0n) is 10.8. The van der Waals surface area contributed by atoms with Gasteiger partial charge in [-0.2, -0.15) is 0 Å². The highest BCUT2D eigenvalue weighted by Gasteiger charge is 2.41. The normalized spacial score (nSPS) is 24.3. The summed E-state index contributed by atoms with van der Waals surface area (Å²) in [6, 6.07) is 8.51.